The number of pyridine rings is 1. The lowest BCUT2D eigenvalue weighted by Crippen LogP contribution is -2.47. The summed E-state index contributed by atoms with van der Waals surface area (Å²) in [6.07, 6.45) is 4.05. The molecule has 39 heavy (non-hydrogen) atoms. The fraction of sp³-hybridized carbons (Fsp3) is 0.400. The van der Waals surface area contributed by atoms with Crippen molar-refractivity contribution in [2.24, 2.45) is 0 Å². The Bertz CT molecular complexity index is 1370. The number of methoxy groups -OCH3 is 1. The number of rotatable bonds is 10. The predicted molar refractivity (Wildman–Crippen MR) is 151 cm³/mol. The fourth-order valence-corrected chi connectivity index (χ4v) is 7.19. The van der Waals surface area contributed by atoms with Crippen LogP contribution in [0.4, 0.5) is 5.82 Å². The number of hydrogen-bond donors (Lipinski definition) is 0. The monoisotopic (exact) mass is 551 g/mol. The molecule has 2 heterocycles. The Hall–Kier alpha value is -3.27. The molecular formula is C30H37N3O5S. The van der Waals surface area contributed by atoms with Crippen LogP contribution >= 0.6 is 0 Å². The summed E-state index contributed by atoms with van der Waals surface area (Å²) in [4.78, 5) is 19.7. The number of aromatic nitrogens is 1. The number of hydrogen-bond acceptors (Lipinski definition) is 6. The molecule has 9 heteroatoms. The van der Waals surface area contributed by atoms with Gasteiger partial charge in [0.15, 0.2) is 0 Å². The molecule has 8 nitrogen and oxygen atoms in total. The van der Waals surface area contributed by atoms with Gasteiger partial charge in [0.2, 0.25) is 10.0 Å². The number of amides is 1. The van der Waals surface area contributed by atoms with Gasteiger partial charge in [0.05, 0.1) is 25.2 Å². The van der Waals surface area contributed by atoms with E-state index in [1.807, 2.05) is 49.4 Å². The van der Waals surface area contributed by atoms with Crippen LogP contribution in [-0.2, 0) is 26.1 Å². The van der Waals surface area contributed by atoms with E-state index in [2.05, 4.69) is 4.98 Å². The largest absolute Gasteiger partial charge is 0.497 e. The van der Waals surface area contributed by atoms with Crippen LogP contribution in [0.1, 0.15) is 41.5 Å². The number of carbonyl (C=O) groups is 1. The molecule has 0 N–H and O–H groups in total. The van der Waals surface area contributed by atoms with Crippen molar-refractivity contribution in [2.75, 3.05) is 31.8 Å². The number of carbonyl (C=O) groups excluding carboxylic acids is 1. The Balaban J connectivity index is 1.48. The highest BCUT2D eigenvalue weighted by Crippen LogP contribution is 2.32. The summed E-state index contributed by atoms with van der Waals surface area (Å²) in [7, 11) is -2.19. The zero-order valence-electron chi connectivity index (χ0n) is 23.1. The molecule has 2 aromatic carbocycles. The van der Waals surface area contributed by atoms with Crippen LogP contribution in [0.3, 0.4) is 0 Å². The first-order valence-electron chi connectivity index (χ1n) is 13.2. The summed E-state index contributed by atoms with van der Waals surface area (Å²) in [5, 5.41) is 0. The van der Waals surface area contributed by atoms with Gasteiger partial charge in [-0.15, -0.1) is 0 Å². The van der Waals surface area contributed by atoms with E-state index < -0.39 is 10.0 Å². The highest BCUT2D eigenvalue weighted by atomic mass is 32.2. The van der Waals surface area contributed by atoms with Gasteiger partial charge in [-0.05, 0) is 80.1 Å². The van der Waals surface area contributed by atoms with E-state index in [1.54, 1.807) is 48.5 Å². The first kappa shape index (κ1) is 28.7. The normalized spacial score (nSPS) is 16.2. The average Bonchev–Trinajstić information content (AvgIpc) is 2.91. The molecule has 0 spiro atoms. The maximum Gasteiger partial charge on any atom is 0.254 e. The summed E-state index contributed by atoms with van der Waals surface area (Å²) < 4.78 is 40.4. The van der Waals surface area contributed by atoms with E-state index >= 15 is 0 Å². The SMILES string of the molecule is COc1cc(C)c(S(=O)(=O)N2CCCCC2COCC(=O)N(Cc2ccccc2)c2cc(C)ccn2)c(C)c1. The second-order valence-corrected chi connectivity index (χ2v) is 11.9. The molecule has 208 valence electrons. The maximum absolute atomic E-state index is 13.8. The lowest BCUT2D eigenvalue weighted by Gasteiger charge is -2.35. The van der Waals surface area contributed by atoms with E-state index in [-0.39, 0.29) is 25.2 Å². The summed E-state index contributed by atoms with van der Waals surface area (Å²) >= 11 is 0. The molecule has 0 saturated carbocycles. The van der Waals surface area contributed by atoms with Gasteiger partial charge in [-0.25, -0.2) is 13.4 Å². The topological polar surface area (TPSA) is 89.0 Å². The van der Waals surface area contributed by atoms with Crippen LogP contribution in [0.5, 0.6) is 5.75 Å². The van der Waals surface area contributed by atoms with Crippen LogP contribution < -0.4 is 9.64 Å². The van der Waals surface area contributed by atoms with Gasteiger partial charge < -0.3 is 9.47 Å². The standard InChI is InChI=1S/C30H37N3O5S/c1-22-13-14-31-28(16-22)32(19-25-10-6-5-7-11-25)29(34)21-38-20-26-12-8-9-15-33(26)39(35,36)30-23(2)17-27(37-4)18-24(30)3/h5-7,10-11,13-14,16-18,26H,8-9,12,15,19-21H2,1-4H3. The minimum Gasteiger partial charge on any atom is -0.497 e. The average molecular weight is 552 g/mol. The van der Waals surface area contributed by atoms with Crippen LogP contribution in [0.2, 0.25) is 0 Å². The lowest BCUT2D eigenvalue weighted by atomic mass is 10.1. The van der Waals surface area contributed by atoms with Gasteiger partial charge in [-0.3, -0.25) is 9.69 Å². The summed E-state index contributed by atoms with van der Waals surface area (Å²) in [6.45, 7) is 6.28. The van der Waals surface area contributed by atoms with Crippen molar-refractivity contribution in [3.8, 4) is 5.75 Å². The van der Waals surface area contributed by atoms with Crippen molar-refractivity contribution >= 4 is 21.7 Å². The second kappa shape index (κ2) is 12.7. The second-order valence-electron chi connectivity index (χ2n) is 10.0. The van der Waals surface area contributed by atoms with Gasteiger partial charge >= 0.3 is 0 Å². The number of nitrogens with zero attached hydrogens (tertiary/aromatic N) is 3. The van der Waals surface area contributed by atoms with E-state index in [9.17, 15) is 13.2 Å². The van der Waals surface area contributed by atoms with Crippen molar-refractivity contribution in [3.63, 3.8) is 0 Å². The lowest BCUT2D eigenvalue weighted by molar-refractivity contribution is -0.123. The third kappa shape index (κ3) is 6.84. The summed E-state index contributed by atoms with van der Waals surface area (Å²) in [5.74, 6) is 0.952. The van der Waals surface area contributed by atoms with Gasteiger partial charge in [0, 0.05) is 18.8 Å². The zero-order chi connectivity index (χ0) is 28.0. The molecule has 4 rings (SSSR count). The number of benzene rings is 2. The van der Waals surface area contributed by atoms with Gasteiger partial charge in [-0.1, -0.05) is 36.8 Å². The molecule has 1 saturated heterocycles. The number of sulfonamides is 1. The molecule has 1 aliphatic heterocycles. The third-order valence-corrected chi connectivity index (χ3v) is 9.27. The Labute approximate surface area is 231 Å². The summed E-state index contributed by atoms with van der Waals surface area (Å²) in [5.41, 5.74) is 3.27. The molecule has 1 unspecified atom stereocenters. The van der Waals surface area contributed by atoms with Gasteiger partial charge in [-0.2, -0.15) is 4.31 Å². The number of piperidine rings is 1. The number of anilines is 1. The third-order valence-electron chi connectivity index (χ3n) is 7.01. The Morgan fingerprint density at radius 1 is 1.05 bits per heavy atom. The molecular weight excluding hydrogens is 514 g/mol. The molecule has 1 aromatic heterocycles. The van der Waals surface area contributed by atoms with Crippen LogP contribution in [0.15, 0.2) is 65.7 Å². The van der Waals surface area contributed by atoms with Crippen molar-refractivity contribution in [1.29, 1.82) is 0 Å². The van der Waals surface area contributed by atoms with Gasteiger partial charge in [0.25, 0.3) is 5.91 Å². The van der Waals surface area contributed by atoms with Gasteiger partial charge in [0.1, 0.15) is 18.2 Å². The summed E-state index contributed by atoms with van der Waals surface area (Å²) in [6, 6.07) is 16.6. The molecule has 1 fully saturated rings. The molecule has 1 atom stereocenters. The predicted octanol–water partition coefficient (Wildman–Crippen LogP) is 4.81. The highest BCUT2D eigenvalue weighted by molar-refractivity contribution is 7.89. The van der Waals surface area contributed by atoms with Crippen molar-refractivity contribution < 1.29 is 22.7 Å². The van der Waals surface area contributed by atoms with E-state index in [4.69, 9.17) is 9.47 Å². The quantitative estimate of drug-likeness (QED) is 0.359. The molecule has 0 radical (unpaired) electrons. The van der Waals surface area contributed by atoms with Crippen molar-refractivity contribution in [3.05, 3.63) is 83.0 Å². The smallest absolute Gasteiger partial charge is 0.254 e. The number of aryl methyl sites for hydroxylation is 3. The Kier molecular flexibility index (Phi) is 9.37. The van der Waals surface area contributed by atoms with E-state index in [0.29, 0.717) is 47.1 Å². The maximum atomic E-state index is 13.8. The van der Waals surface area contributed by atoms with Crippen LogP contribution in [-0.4, -0.2) is 56.5 Å². The van der Waals surface area contributed by atoms with E-state index in [1.165, 1.54) is 0 Å². The highest BCUT2D eigenvalue weighted by Gasteiger charge is 2.35. The van der Waals surface area contributed by atoms with Crippen molar-refractivity contribution in [2.45, 2.75) is 57.5 Å². The van der Waals surface area contributed by atoms with E-state index in [0.717, 1.165) is 24.0 Å². The van der Waals surface area contributed by atoms with Crippen molar-refractivity contribution in [1.82, 2.24) is 9.29 Å². The number of ether oxygens (including phenoxy) is 2. The first-order valence-corrected chi connectivity index (χ1v) is 14.7. The zero-order valence-corrected chi connectivity index (χ0v) is 23.9. The first-order chi connectivity index (χ1) is 18.7. The van der Waals surface area contributed by atoms with Crippen LogP contribution in [0, 0.1) is 20.8 Å². The molecule has 0 bridgehead atoms. The minimum atomic E-state index is -3.76. The molecule has 3 aromatic rings. The minimum absolute atomic E-state index is 0.139. The molecule has 0 aliphatic carbocycles. The Morgan fingerprint density at radius 3 is 2.44 bits per heavy atom. The molecule has 1 aliphatic rings. The Morgan fingerprint density at radius 2 is 1.77 bits per heavy atom. The van der Waals surface area contributed by atoms with Crippen LogP contribution in [0.25, 0.3) is 0 Å². The molecule has 1 amide bonds. The fourth-order valence-electron chi connectivity index (χ4n) is 5.10.